The Balaban J connectivity index is 1.98. The number of amides is 1. The van der Waals surface area contributed by atoms with E-state index >= 15 is 0 Å². The summed E-state index contributed by atoms with van der Waals surface area (Å²) in [5.74, 6) is 0.671. The average Bonchev–Trinajstić information content (AvgIpc) is 3.04. The molecule has 0 bridgehead atoms. The van der Waals surface area contributed by atoms with Gasteiger partial charge in [0.1, 0.15) is 5.75 Å². The summed E-state index contributed by atoms with van der Waals surface area (Å²) in [4.78, 5) is 12.5. The monoisotopic (exact) mass is 324 g/mol. The lowest BCUT2D eigenvalue weighted by atomic mass is 9.81. The van der Waals surface area contributed by atoms with Gasteiger partial charge in [-0.3, -0.25) is 4.79 Å². The minimum atomic E-state index is -3.29. The second-order valence-corrected chi connectivity index (χ2v) is 7.94. The quantitative estimate of drug-likeness (QED) is 0.906. The molecule has 1 atom stereocenters. The van der Waals surface area contributed by atoms with Crippen molar-refractivity contribution < 1.29 is 17.9 Å². The zero-order valence-electron chi connectivity index (χ0n) is 12.8. The molecular weight excluding hydrogens is 304 g/mol. The van der Waals surface area contributed by atoms with Gasteiger partial charge >= 0.3 is 0 Å². The van der Waals surface area contributed by atoms with Crippen molar-refractivity contribution in [3.05, 3.63) is 23.8 Å². The van der Waals surface area contributed by atoms with Crippen molar-refractivity contribution in [2.75, 3.05) is 31.3 Å². The fourth-order valence-corrected chi connectivity index (χ4v) is 4.88. The lowest BCUT2D eigenvalue weighted by molar-refractivity contribution is -0.120. The summed E-state index contributed by atoms with van der Waals surface area (Å²) in [5, 5.41) is 2.87. The van der Waals surface area contributed by atoms with Crippen LogP contribution in [0.5, 0.6) is 5.75 Å². The molecule has 1 aromatic carbocycles. The van der Waals surface area contributed by atoms with Crippen LogP contribution in [0.1, 0.15) is 25.3 Å². The lowest BCUT2D eigenvalue weighted by Gasteiger charge is -2.22. The smallest absolute Gasteiger partial charge is 0.236 e. The van der Waals surface area contributed by atoms with E-state index in [9.17, 15) is 13.2 Å². The molecule has 1 aromatic rings. The standard InChI is InChI=1S/C15H20N2O4S/c1-3-8-22(19,20)17-7-6-15(10-17)12-9-11(21-2)4-5-13(12)16-14(15)18/h4-5,9H,3,6-8,10H2,1-2H3,(H,16,18)/t15-/m1/s1. The van der Waals surface area contributed by atoms with E-state index in [0.29, 0.717) is 25.1 Å². The second-order valence-electron chi connectivity index (χ2n) is 5.85. The first kappa shape index (κ1) is 15.3. The molecule has 1 fully saturated rings. The summed E-state index contributed by atoms with van der Waals surface area (Å²) >= 11 is 0. The highest BCUT2D eigenvalue weighted by molar-refractivity contribution is 7.89. The number of benzene rings is 1. The van der Waals surface area contributed by atoms with Crippen LogP contribution in [0, 0.1) is 0 Å². The van der Waals surface area contributed by atoms with E-state index in [1.54, 1.807) is 13.2 Å². The Bertz CT molecular complexity index is 716. The summed E-state index contributed by atoms with van der Waals surface area (Å²) in [5.41, 5.74) is 0.802. The van der Waals surface area contributed by atoms with Gasteiger partial charge in [0.25, 0.3) is 0 Å². The number of anilines is 1. The molecule has 22 heavy (non-hydrogen) atoms. The van der Waals surface area contributed by atoms with Crippen LogP contribution in [0.25, 0.3) is 0 Å². The van der Waals surface area contributed by atoms with Crippen LogP contribution in [0.2, 0.25) is 0 Å². The summed E-state index contributed by atoms with van der Waals surface area (Å²) in [6, 6.07) is 5.44. The number of methoxy groups -OCH3 is 1. The van der Waals surface area contributed by atoms with Crippen molar-refractivity contribution in [3.8, 4) is 5.75 Å². The van der Waals surface area contributed by atoms with Gasteiger partial charge in [-0.1, -0.05) is 6.92 Å². The van der Waals surface area contributed by atoms with Crippen LogP contribution in [-0.2, 0) is 20.2 Å². The molecule has 2 aliphatic rings. The maximum atomic E-state index is 12.5. The van der Waals surface area contributed by atoms with E-state index in [1.165, 1.54) is 4.31 Å². The van der Waals surface area contributed by atoms with E-state index in [4.69, 9.17) is 4.74 Å². The zero-order valence-corrected chi connectivity index (χ0v) is 13.6. The van der Waals surface area contributed by atoms with Crippen LogP contribution in [0.4, 0.5) is 5.69 Å². The summed E-state index contributed by atoms with van der Waals surface area (Å²) < 4.78 is 31.3. The van der Waals surface area contributed by atoms with Crippen LogP contribution in [0.15, 0.2) is 18.2 Å². The largest absolute Gasteiger partial charge is 0.497 e. The topological polar surface area (TPSA) is 75.7 Å². The van der Waals surface area contributed by atoms with Crippen molar-refractivity contribution in [3.63, 3.8) is 0 Å². The Labute approximate surface area is 130 Å². The summed E-state index contributed by atoms with van der Waals surface area (Å²) in [6.45, 7) is 2.43. The molecule has 6 nitrogen and oxygen atoms in total. The first-order chi connectivity index (χ1) is 10.4. The highest BCUT2D eigenvalue weighted by atomic mass is 32.2. The summed E-state index contributed by atoms with van der Waals surface area (Å²) in [6.07, 6.45) is 1.07. The number of rotatable bonds is 4. The molecule has 120 valence electrons. The van der Waals surface area contributed by atoms with Crippen molar-refractivity contribution >= 4 is 21.6 Å². The highest BCUT2D eigenvalue weighted by Crippen LogP contribution is 2.46. The molecular formula is C15H20N2O4S. The van der Waals surface area contributed by atoms with E-state index in [-0.39, 0.29) is 18.2 Å². The fraction of sp³-hybridized carbons (Fsp3) is 0.533. The second kappa shape index (κ2) is 5.24. The van der Waals surface area contributed by atoms with E-state index < -0.39 is 15.4 Å². The van der Waals surface area contributed by atoms with Gasteiger partial charge in [-0.15, -0.1) is 0 Å². The Morgan fingerprint density at radius 2 is 2.18 bits per heavy atom. The molecule has 0 radical (unpaired) electrons. The van der Waals surface area contributed by atoms with Crippen LogP contribution >= 0.6 is 0 Å². The van der Waals surface area contributed by atoms with Gasteiger partial charge in [-0.05, 0) is 36.6 Å². The van der Waals surface area contributed by atoms with Gasteiger partial charge in [0.2, 0.25) is 15.9 Å². The Hall–Kier alpha value is -1.60. The number of nitrogens with one attached hydrogen (secondary N) is 1. The third-order valence-corrected chi connectivity index (χ3v) is 6.54. The molecule has 2 aliphatic heterocycles. The van der Waals surface area contributed by atoms with Gasteiger partial charge in [0, 0.05) is 18.8 Å². The number of hydrogen-bond acceptors (Lipinski definition) is 4. The normalized spacial score (nSPS) is 24.5. The van der Waals surface area contributed by atoms with Gasteiger partial charge in [-0.2, -0.15) is 0 Å². The molecule has 0 aromatic heterocycles. The van der Waals surface area contributed by atoms with Crippen molar-refractivity contribution in [2.45, 2.75) is 25.2 Å². The molecule has 0 unspecified atom stereocenters. The molecule has 0 aliphatic carbocycles. The molecule has 2 heterocycles. The number of sulfonamides is 1. The third-order valence-electron chi connectivity index (χ3n) is 4.51. The molecule has 3 rings (SSSR count). The zero-order chi connectivity index (χ0) is 16.0. The molecule has 1 amide bonds. The first-order valence-corrected chi connectivity index (χ1v) is 9.01. The average molecular weight is 324 g/mol. The van der Waals surface area contributed by atoms with Crippen LogP contribution in [-0.4, -0.2) is 44.6 Å². The molecule has 7 heteroatoms. The van der Waals surface area contributed by atoms with Gasteiger partial charge in [0.05, 0.1) is 18.3 Å². The molecule has 1 N–H and O–H groups in total. The number of fused-ring (bicyclic) bond motifs is 2. The van der Waals surface area contributed by atoms with Crippen LogP contribution in [0.3, 0.4) is 0 Å². The fourth-order valence-electron chi connectivity index (χ4n) is 3.32. The van der Waals surface area contributed by atoms with E-state index in [1.807, 2.05) is 19.1 Å². The van der Waals surface area contributed by atoms with Gasteiger partial charge in [0.15, 0.2) is 0 Å². The maximum absolute atomic E-state index is 12.5. The predicted molar refractivity (Wildman–Crippen MR) is 83.6 cm³/mol. The van der Waals surface area contributed by atoms with Crippen molar-refractivity contribution in [1.29, 1.82) is 0 Å². The van der Waals surface area contributed by atoms with E-state index in [0.717, 1.165) is 11.3 Å². The van der Waals surface area contributed by atoms with Gasteiger partial charge in [-0.25, -0.2) is 12.7 Å². The van der Waals surface area contributed by atoms with E-state index in [2.05, 4.69) is 5.32 Å². The van der Waals surface area contributed by atoms with Crippen molar-refractivity contribution in [1.82, 2.24) is 4.31 Å². The number of ether oxygens (including phenoxy) is 1. The minimum Gasteiger partial charge on any atom is -0.497 e. The maximum Gasteiger partial charge on any atom is 0.236 e. The molecule has 0 saturated carbocycles. The van der Waals surface area contributed by atoms with Crippen molar-refractivity contribution in [2.24, 2.45) is 0 Å². The highest BCUT2D eigenvalue weighted by Gasteiger charge is 2.53. The Morgan fingerprint density at radius 3 is 2.86 bits per heavy atom. The Kier molecular flexibility index (Phi) is 3.65. The summed E-state index contributed by atoms with van der Waals surface area (Å²) in [7, 11) is -1.72. The SMILES string of the molecule is CCCS(=O)(=O)N1CC[C@]2(C1)C(=O)Nc1ccc(OC)cc12. The predicted octanol–water partition coefficient (Wildman–Crippen LogP) is 1.33. The van der Waals surface area contributed by atoms with Crippen LogP contribution < -0.4 is 10.1 Å². The number of hydrogen-bond donors (Lipinski definition) is 1. The molecule has 1 saturated heterocycles. The minimum absolute atomic E-state index is 0.120. The first-order valence-electron chi connectivity index (χ1n) is 7.41. The number of nitrogens with zero attached hydrogens (tertiary/aromatic N) is 1. The number of carbonyl (C=O) groups excluding carboxylic acids is 1. The number of carbonyl (C=O) groups is 1. The third kappa shape index (κ3) is 2.19. The Morgan fingerprint density at radius 1 is 1.41 bits per heavy atom. The lowest BCUT2D eigenvalue weighted by Crippen LogP contribution is -2.39. The molecule has 1 spiro atoms. The van der Waals surface area contributed by atoms with Gasteiger partial charge < -0.3 is 10.1 Å².